The van der Waals surface area contributed by atoms with Crippen LogP contribution in [0.25, 0.3) is 0 Å². The lowest BCUT2D eigenvalue weighted by molar-refractivity contribution is -0.133. The summed E-state index contributed by atoms with van der Waals surface area (Å²) in [5.74, 6) is -0.0502. The lowest BCUT2D eigenvalue weighted by atomic mass is 9.91. The van der Waals surface area contributed by atoms with Crippen LogP contribution >= 0.6 is 11.6 Å². The Morgan fingerprint density at radius 1 is 1.28 bits per heavy atom. The first-order valence-corrected chi connectivity index (χ1v) is 9.21. The van der Waals surface area contributed by atoms with E-state index in [4.69, 9.17) is 21.1 Å². The van der Waals surface area contributed by atoms with Crippen LogP contribution in [0.1, 0.15) is 12.5 Å². The van der Waals surface area contributed by atoms with Gasteiger partial charge in [-0.05, 0) is 36.8 Å². The van der Waals surface area contributed by atoms with E-state index in [0.29, 0.717) is 36.0 Å². The van der Waals surface area contributed by atoms with Gasteiger partial charge in [-0.15, -0.1) is 0 Å². The third kappa shape index (κ3) is 3.44. The Labute approximate surface area is 170 Å². The van der Waals surface area contributed by atoms with E-state index >= 15 is 0 Å². The molecular weight excluding hydrogens is 400 g/mol. The number of benzene rings is 1. The van der Waals surface area contributed by atoms with Crippen LogP contribution in [0.5, 0.6) is 11.5 Å². The fourth-order valence-electron chi connectivity index (χ4n) is 3.20. The summed E-state index contributed by atoms with van der Waals surface area (Å²) in [6.07, 6.45) is 1.48. The van der Waals surface area contributed by atoms with Crippen LogP contribution in [0, 0.1) is 0 Å². The quantitative estimate of drug-likeness (QED) is 0.582. The number of urea groups is 1. The van der Waals surface area contributed by atoms with Crippen molar-refractivity contribution in [1.29, 1.82) is 0 Å². The Hall–Kier alpha value is -3.33. The van der Waals surface area contributed by atoms with Gasteiger partial charge >= 0.3 is 6.03 Å². The van der Waals surface area contributed by atoms with Gasteiger partial charge in [0.1, 0.15) is 25.3 Å². The molecule has 0 radical (unpaired) electrons. The molecule has 4 rings (SSSR count). The molecule has 0 aliphatic carbocycles. The summed E-state index contributed by atoms with van der Waals surface area (Å²) in [7, 11) is 0. The summed E-state index contributed by atoms with van der Waals surface area (Å²) in [6.45, 7) is 1.96. The van der Waals surface area contributed by atoms with Crippen molar-refractivity contribution in [2.75, 3.05) is 25.1 Å². The van der Waals surface area contributed by atoms with E-state index in [2.05, 4.69) is 15.6 Å². The van der Waals surface area contributed by atoms with Crippen LogP contribution in [0.15, 0.2) is 36.5 Å². The van der Waals surface area contributed by atoms with Crippen molar-refractivity contribution in [3.8, 4) is 11.5 Å². The van der Waals surface area contributed by atoms with E-state index in [1.807, 2.05) is 0 Å². The van der Waals surface area contributed by atoms with Crippen molar-refractivity contribution in [2.24, 2.45) is 0 Å². The van der Waals surface area contributed by atoms with Crippen LogP contribution in [0.4, 0.5) is 10.5 Å². The minimum atomic E-state index is -1.33. The molecule has 2 aliphatic heterocycles. The first-order valence-electron chi connectivity index (χ1n) is 8.83. The maximum Gasteiger partial charge on any atom is 0.325 e. The lowest BCUT2D eigenvalue weighted by Crippen LogP contribution is -2.42. The van der Waals surface area contributed by atoms with E-state index in [1.54, 1.807) is 37.3 Å². The largest absolute Gasteiger partial charge is 0.486 e. The number of ether oxygens (including phenoxy) is 2. The van der Waals surface area contributed by atoms with E-state index in [-0.39, 0.29) is 5.15 Å². The van der Waals surface area contributed by atoms with Crippen molar-refractivity contribution < 1.29 is 23.9 Å². The molecule has 0 spiro atoms. The highest BCUT2D eigenvalue weighted by Crippen LogP contribution is 2.36. The fourth-order valence-corrected chi connectivity index (χ4v) is 3.37. The second-order valence-electron chi connectivity index (χ2n) is 6.69. The number of fused-ring (bicyclic) bond motifs is 1. The number of anilines is 1. The Balaban J connectivity index is 1.52. The average molecular weight is 417 g/mol. The summed E-state index contributed by atoms with van der Waals surface area (Å²) >= 11 is 5.92. The van der Waals surface area contributed by atoms with Crippen LogP contribution in [0.3, 0.4) is 0 Å². The van der Waals surface area contributed by atoms with E-state index in [0.717, 1.165) is 4.90 Å². The third-order valence-corrected chi connectivity index (χ3v) is 5.03. The zero-order valence-corrected chi connectivity index (χ0v) is 16.2. The average Bonchev–Trinajstić information content (AvgIpc) is 2.93. The Kier molecular flexibility index (Phi) is 4.75. The molecule has 1 saturated heterocycles. The number of pyridine rings is 1. The topological polar surface area (TPSA) is 110 Å². The van der Waals surface area contributed by atoms with Crippen LogP contribution in [-0.2, 0) is 15.1 Å². The normalized spacial score (nSPS) is 20.4. The third-order valence-electron chi connectivity index (χ3n) is 4.73. The van der Waals surface area contributed by atoms with E-state index in [1.165, 1.54) is 6.20 Å². The number of halogens is 1. The number of nitrogens with zero attached hydrogens (tertiary/aromatic N) is 2. The molecule has 1 fully saturated rings. The first kappa shape index (κ1) is 19.0. The molecule has 2 aromatic rings. The van der Waals surface area contributed by atoms with Crippen molar-refractivity contribution in [2.45, 2.75) is 12.5 Å². The smallest absolute Gasteiger partial charge is 0.325 e. The highest BCUT2D eigenvalue weighted by atomic mass is 35.5. The molecule has 1 aromatic heterocycles. The Morgan fingerprint density at radius 2 is 2.03 bits per heavy atom. The molecule has 2 aliphatic rings. The highest BCUT2D eigenvalue weighted by molar-refractivity contribution is 6.32. The van der Waals surface area contributed by atoms with E-state index < -0.39 is 29.9 Å². The van der Waals surface area contributed by atoms with Crippen LogP contribution < -0.4 is 20.1 Å². The molecule has 10 heteroatoms. The number of amides is 4. The summed E-state index contributed by atoms with van der Waals surface area (Å²) in [4.78, 5) is 42.5. The maximum absolute atomic E-state index is 13.0. The SMILES string of the molecule is C[C@@]1(c2ccc3c(c2)OCCO3)NC(=O)N(CC(=O)Nc2cccnc2Cl)C1=O. The van der Waals surface area contributed by atoms with Crippen LogP contribution in [-0.4, -0.2) is 47.5 Å². The van der Waals surface area contributed by atoms with Gasteiger partial charge in [-0.25, -0.2) is 9.78 Å². The van der Waals surface area contributed by atoms with Crippen molar-refractivity contribution in [1.82, 2.24) is 15.2 Å². The highest BCUT2D eigenvalue weighted by Gasteiger charge is 2.49. The van der Waals surface area contributed by atoms with Gasteiger partial charge in [0.25, 0.3) is 5.91 Å². The number of carbonyl (C=O) groups excluding carboxylic acids is 3. The summed E-state index contributed by atoms with van der Waals surface area (Å²) in [5.41, 5.74) is -0.516. The monoisotopic (exact) mass is 416 g/mol. The summed E-state index contributed by atoms with van der Waals surface area (Å²) < 4.78 is 11.0. The molecule has 150 valence electrons. The second-order valence-corrected chi connectivity index (χ2v) is 7.05. The van der Waals surface area contributed by atoms with Crippen molar-refractivity contribution in [3.63, 3.8) is 0 Å². The van der Waals surface area contributed by atoms with E-state index in [9.17, 15) is 14.4 Å². The Bertz CT molecular complexity index is 1010. The molecule has 0 bridgehead atoms. The van der Waals surface area contributed by atoms with Gasteiger partial charge in [-0.3, -0.25) is 14.5 Å². The molecular formula is C19H17ClN4O5. The van der Waals surface area contributed by atoms with Gasteiger partial charge in [0.15, 0.2) is 16.7 Å². The van der Waals surface area contributed by atoms with Crippen LogP contribution in [0.2, 0.25) is 5.15 Å². The van der Waals surface area contributed by atoms with Gasteiger partial charge in [-0.1, -0.05) is 17.7 Å². The molecule has 2 N–H and O–H groups in total. The zero-order valence-electron chi connectivity index (χ0n) is 15.4. The summed E-state index contributed by atoms with van der Waals surface area (Å²) in [5, 5.41) is 5.31. The fraction of sp³-hybridized carbons (Fsp3) is 0.263. The molecule has 0 unspecified atom stereocenters. The molecule has 1 atom stereocenters. The zero-order chi connectivity index (χ0) is 20.6. The standard InChI is InChI=1S/C19H17ClN4O5/c1-19(11-4-5-13-14(9-11)29-8-7-28-13)17(26)24(18(27)23-19)10-15(25)22-12-3-2-6-21-16(12)20/h2-6,9H,7-8,10H2,1H3,(H,22,25)(H,23,27)/t19-/m0/s1. The Morgan fingerprint density at radius 3 is 2.79 bits per heavy atom. The summed E-state index contributed by atoms with van der Waals surface area (Å²) in [6, 6.07) is 7.54. The number of hydrogen-bond donors (Lipinski definition) is 2. The van der Waals surface area contributed by atoms with Crippen molar-refractivity contribution >= 4 is 35.1 Å². The molecule has 3 heterocycles. The molecule has 29 heavy (non-hydrogen) atoms. The predicted molar refractivity (Wildman–Crippen MR) is 103 cm³/mol. The van der Waals surface area contributed by atoms with Gasteiger partial charge in [-0.2, -0.15) is 0 Å². The number of aromatic nitrogens is 1. The minimum Gasteiger partial charge on any atom is -0.486 e. The van der Waals surface area contributed by atoms with Gasteiger partial charge in [0.05, 0.1) is 5.69 Å². The number of rotatable bonds is 4. The minimum absolute atomic E-state index is 0.110. The number of imide groups is 1. The number of hydrogen-bond acceptors (Lipinski definition) is 6. The molecule has 1 aromatic carbocycles. The van der Waals surface area contributed by atoms with Gasteiger partial charge < -0.3 is 20.1 Å². The molecule has 9 nitrogen and oxygen atoms in total. The molecule has 0 saturated carbocycles. The van der Waals surface area contributed by atoms with Crippen molar-refractivity contribution in [3.05, 3.63) is 47.2 Å². The van der Waals surface area contributed by atoms with Gasteiger partial charge in [0.2, 0.25) is 5.91 Å². The molecule has 4 amide bonds. The number of nitrogens with one attached hydrogen (secondary N) is 2. The first-order chi connectivity index (χ1) is 13.9. The predicted octanol–water partition coefficient (Wildman–Crippen LogP) is 1.91. The lowest BCUT2D eigenvalue weighted by Gasteiger charge is -2.25. The second kappa shape index (κ2) is 7.25. The number of carbonyl (C=O) groups is 3. The van der Waals surface area contributed by atoms with Gasteiger partial charge in [0, 0.05) is 6.20 Å². The maximum atomic E-state index is 13.0.